The molecule has 0 aliphatic heterocycles. The molecule has 0 spiro atoms. The predicted octanol–water partition coefficient (Wildman–Crippen LogP) is 1.86. The van der Waals surface area contributed by atoms with E-state index in [0.717, 1.165) is 12.8 Å². The van der Waals surface area contributed by atoms with Crippen LogP contribution in [0, 0.1) is 16.7 Å². The lowest BCUT2D eigenvalue weighted by Gasteiger charge is -2.43. The van der Waals surface area contributed by atoms with Gasteiger partial charge in [0.15, 0.2) is 0 Å². The van der Waals surface area contributed by atoms with E-state index in [2.05, 4.69) is 25.5 Å². The Balaban J connectivity index is 2.24. The maximum Gasteiger partial charge on any atom is 0.216 e. The van der Waals surface area contributed by atoms with Crippen molar-refractivity contribution in [3.63, 3.8) is 0 Å². The molecule has 4 nitrogen and oxygen atoms in total. The standard InChI is InChI=1S/C14H28N2O2S/c1-5-11(9-15)19(17,18)16-12-13(2,3)10-6-7-14(12,4)8-10/h10-12,16H,5-9,15H2,1-4H3. The van der Waals surface area contributed by atoms with Crippen LogP contribution in [-0.2, 0) is 10.0 Å². The summed E-state index contributed by atoms with van der Waals surface area (Å²) >= 11 is 0. The van der Waals surface area contributed by atoms with Gasteiger partial charge in [-0.05, 0) is 42.4 Å². The first-order valence-electron chi connectivity index (χ1n) is 7.38. The van der Waals surface area contributed by atoms with E-state index >= 15 is 0 Å². The van der Waals surface area contributed by atoms with Gasteiger partial charge in [0.25, 0.3) is 0 Å². The van der Waals surface area contributed by atoms with E-state index in [-0.39, 0.29) is 23.4 Å². The molecular weight excluding hydrogens is 260 g/mol. The zero-order valence-electron chi connectivity index (χ0n) is 12.6. The number of nitrogens with one attached hydrogen (secondary N) is 1. The average molecular weight is 288 g/mol. The minimum absolute atomic E-state index is 0.0457. The highest BCUT2D eigenvalue weighted by molar-refractivity contribution is 7.90. The SMILES string of the molecule is CCC(CN)S(=O)(=O)NC1C2(C)CCC(C2)C1(C)C. The maximum absolute atomic E-state index is 12.5. The van der Waals surface area contributed by atoms with Crippen molar-refractivity contribution in [2.24, 2.45) is 22.5 Å². The highest BCUT2D eigenvalue weighted by atomic mass is 32.2. The third-order valence-corrected chi connectivity index (χ3v) is 7.68. The van der Waals surface area contributed by atoms with Crippen molar-refractivity contribution in [3.8, 4) is 0 Å². The van der Waals surface area contributed by atoms with E-state index in [1.807, 2.05) is 6.92 Å². The van der Waals surface area contributed by atoms with Crippen LogP contribution >= 0.6 is 0 Å². The molecule has 2 fully saturated rings. The third-order valence-electron chi connectivity index (χ3n) is 5.71. The molecule has 0 radical (unpaired) electrons. The molecule has 0 saturated heterocycles. The zero-order valence-corrected chi connectivity index (χ0v) is 13.4. The quantitative estimate of drug-likeness (QED) is 0.811. The molecule has 5 heteroatoms. The van der Waals surface area contributed by atoms with Gasteiger partial charge in [0.05, 0.1) is 5.25 Å². The van der Waals surface area contributed by atoms with Crippen LogP contribution in [0.25, 0.3) is 0 Å². The average Bonchev–Trinajstić information content (AvgIpc) is 2.77. The van der Waals surface area contributed by atoms with E-state index in [9.17, 15) is 8.42 Å². The lowest BCUT2D eigenvalue weighted by Crippen LogP contribution is -2.55. The molecule has 4 unspecified atom stereocenters. The Bertz CT molecular complexity index is 438. The van der Waals surface area contributed by atoms with Crippen molar-refractivity contribution in [2.45, 2.75) is 64.7 Å². The van der Waals surface area contributed by atoms with E-state index < -0.39 is 15.3 Å². The van der Waals surface area contributed by atoms with Gasteiger partial charge in [-0.15, -0.1) is 0 Å². The van der Waals surface area contributed by atoms with Crippen molar-refractivity contribution in [1.29, 1.82) is 0 Å². The van der Waals surface area contributed by atoms with E-state index in [4.69, 9.17) is 5.73 Å². The summed E-state index contributed by atoms with van der Waals surface area (Å²) in [5.41, 5.74) is 5.77. The Morgan fingerprint density at radius 2 is 2.00 bits per heavy atom. The molecule has 2 bridgehead atoms. The first-order valence-corrected chi connectivity index (χ1v) is 8.93. The number of hydrogen-bond donors (Lipinski definition) is 2. The smallest absolute Gasteiger partial charge is 0.216 e. The van der Waals surface area contributed by atoms with Gasteiger partial charge in [0.2, 0.25) is 10.0 Å². The van der Waals surface area contributed by atoms with Crippen molar-refractivity contribution < 1.29 is 8.42 Å². The van der Waals surface area contributed by atoms with Crippen LogP contribution in [-0.4, -0.2) is 26.3 Å². The van der Waals surface area contributed by atoms with Gasteiger partial charge in [-0.1, -0.05) is 27.7 Å². The summed E-state index contributed by atoms with van der Waals surface area (Å²) in [5, 5.41) is -0.467. The Labute approximate surface area is 117 Å². The molecule has 2 rings (SSSR count). The monoisotopic (exact) mass is 288 g/mol. The molecule has 4 atom stereocenters. The van der Waals surface area contributed by atoms with Gasteiger partial charge in [-0.2, -0.15) is 0 Å². The largest absolute Gasteiger partial charge is 0.329 e. The number of nitrogens with two attached hydrogens (primary N) is 1. The molecule has 0 aromatic heterocycles. The molecule has 2 aliphatic carbocycles. The Morgan fingerprint density at radius 1 is 1.37 bits per heavy atom. The van der Waals surface area contributed by atoms with Gasteiger partial charge in [-0.3, -0.25) is 0 Å². The van der Waals surface area contributed by atoms with Gasteiger partial charge in [-0.25, -0.2) is 13.1 Å². The zero-order chi connectivity index (χ0) is 14.5. The fraction of sp³-hybridized carbons (Fsp3) is 1.00. The molecule has 3 N–H and O–H groups in total. The van der Waals surface area contributed by atoms with E-state index in [0.29, 0.717) is 12.3 Å². The first-order chi connectivity index (χ1) is 8.67. The molecule has 2 aliphatic rings. The molecule has 19 heavy (non-hydrogen) atoms. The van der Waals surface area contributed by atoms with Gasteiger partial charge in [0.1, 0.15) is 0 Å². The molecule has 2 saturated carbocycles. The van der Waals surface area contributed by atoms with Gasteiger partial charge < -0.3 is 5.73 Å². The summed E-state index contributed by atoms with van der Waals surface area (Å²) in [7, 11) is -3.31. The van der Waals surface area contributed by atoms with Gasteiger partial charge in [0, 0.05) is 12.6 Å². The van der Waals surface area contributed by atoms with Crippen LogP contribution in [0.2, 0.25) is 0 Å². The first kappa shape index (κ1) is 15.3. The number of sulfonamides is 1. The second-order valence-electron chi connectivity index (χ2n) is 7.28. The predicted molar refractivity (Wildman–Crippen MR) is 78.2 cm³/mol. The molecule has 0 aromatic rings. The van der Waals surface area contributed by atoms with Crippen LogP contribution in [0.15, 0.2) is 0 Å². The summed E-state index contributed by atoms with van der Waals surface area (Å²) in [6, 6.07) is 0.0457. The summed E-state index contributed by atoms with van der Waals surface area (Å²) in [4.78, 5) is 0. The Kier molecular flexibility index (Phi) is 3.78. The molecular formula is C14H28N2O2S. The molecule has 112 valence electrons. The lowest BCUT2D eigenvalue weighted by molar-refractivity contribution is 0.127. The van der Waals surface area contributed by atoms with Crippen LogP contribution in [0.3, 0.4) is 0 Å². The van der Waals surface area contributed by atoms with Crippen LogP contribution in [0.5, 0.6) is 0 Å². The van der Waals surface area contributed by atoms with E-state index in [1.165, 1.54) is 6.42 Å². The van der Waals surface area contributed by atoms with E-state index in [1.54, 1.807) is 0 Å². The summed E-state index contributed by atoms with van der Waals surface area (Å²) in [6.07, 6.45) is 4.08. The van der Waals surface area contributed by atoms with Crippen molar-refractivity contribution in [2.75, 3.05) is 6.54 Å². The van der Waals surface area contributed by atoms with Crippen molar-refractivity contribution >= 4 is 10.0 Å². The molecule has 0 amide bonds. The van der Waals surface area contributed by atoms with Crippen LogP contribution < -0.4 is 10.5 Å². The summed E-state index contributed by atoms with van der Waals surface area (Å²) in [5.74, 6) is 0.642. The van der Waals surface area contributed by atoms with Crippen LogP contribution in [0.1, 0.15) is 53.4 Å². The van der Waals surface area contributed by atoms with Crippen molar-refractivity contribution in [1.82, 2.24) is 4.72 Å². The minimum atomic E-state index is -3.31. The molecule has 0 aromatic carbocycles. The van der Waals surface area contributed by atoms with Gasteiger partial charge >= 0.3 is 0 Å². The van der Waals surface area contributed by atoms with Crippen LogP contribution in [0.4, 0.5) is 0 Å². The topological polar surface area (TPSA) is 72.2 Å². The minimum Gasteiger partial charge on any atom is -0.329 e. The fourth-order valence-corrected chi connectivity index (χ4v) is 6.17. The molecule has 0 heterocycles. The second-order valence-corrected chi connectivity index (χ2v) is 9.27. The Morgan fingerprint density at radius 3 is 2.42 bits per heavy atom. The van der Waals surface area contributed by atoms with Crippen molar-refractivity contribution in [3.05, 3.63) is 0 Å². The normalized spacial score (nSPS) is 38.6. The lowest BCUT2D eigenvalue weighted by atomic mass is 9.69. The highest BCUT2D eigenvalue weighted by Crippen LogP contribution is 2.62. The summed E-state index contributed by atoms with van der Waals surface area (Å²) in [6.45, 7) is 8.72. The maximum atomic E-state index is 12.5. The fourth-order valence-electron chi connectivity index (χ4n) is 4.37. The Hall–Kier alpha value is -0.130. The number of hydrogen-bond acceptors (Lipinski definition) is 3. The number of rotatable bonds is 5. The summed E-state index contributed by atoms with van der Waals surface area (Å²) < 4.78 is 27.9. The highest BCUT2D eigenvalue weighted by Gasteiger charge is 2.60. The number of fused-ring (bicyclic) bond motifs is 2. The third kappa shape index (κ3) is 2.34. The second kappa shape index (κ2) is 4.71.